The number of oxazole rings is 1. The molecule has 0 atom stereocenters. The summed E-state index contributed by atoms with van der Waals surface area (Å²) in [5, 5.41) is 0. The van der Waals surface area contributed by atoms with E-state index in [0.717, 1.165) is 39.9 Å². The van der Waals surface area contributed by atoms with E-state index >= 15 is 0 Å². The molecule has 0 aliphatic heterocycles. The summed E-state index contributed by atoms with van der Waals surface area (Å²) in [6, 6.07) is 17.3. The molecule has 3 aromatic carbocycles. The van der Waals surface area contributed by atoms with Crippen molar-refractivity contribution < 1.29 is 18.0 Å². The molecular weight excluding hydrogens is 384 g/mol. The van der Waals surface area contributed by atoms with Crippen molar-refractivity contribution in [1.29, 1.82) is 0 Å². The van der Waals surface area contributed by atoms with Gasteiger partial charge in [0.25, 0.3) is 0 Å². The van der Waals surface area contributed by atoms with Gasteiger partial charge in [0.15, 0.2) is 12.2 Å². The van der Waals surface area contributed by atoms with Crippen LogP contribution in [-0.2, 0) is 17.6 Å². The summed E-state index contributed by atoms with van der Waals surface area (Å²) in [6.07, 6.45) is 2.92. The average Bonchev–Trinajstić information content (AvgIpc) is 3.27. The van der Waals surface area contributed by atoms with Crippen molar-refractivity contribution in [3.8, 4) is 22.5 Å². The van der Waals surface area contributed by atoms with Crippen molar-refractivity contribution >= 4 is 5.78 Å². The van der Waals surface area contributed by atoms with Crippen molar-refractivity contribution in [1.82, 2.24) is 4.98 Å². The first-order chi connectivity index (χ1) is 14.5. The minimum Gasteiger partial charge on any atom is -0.444 e. The Morgan fingerprint density at radius 3 is 2.30 bits per heavy atom. The van der Waals surface area contributed by atoms with Crippen molar-refractivity contribution in [2.45, 2.75) is 19.8 Å². The van der Waals surface area contributed by atoms with Crippen LogP contribution in [0.5, 0.6) is 0 Å². The van der Waals surface area contributed by atoms with Gasteiger partial charge in [-0.2, -0.15) is 0 Å². The van der Waals surface area contributed by atoms with Crippen molar-refractivity contribution in [3.63, 3.8) is 0 Å². The molecule has 150 valence electrons. The summed E-state index contributed by atoms with van der Waals surface area (Å²) < 4.78 is 32.9. The highest BCUT2D eigenvalue weighted by Crippen LogP contribution is 2.29. The third-order valence-electron chi connectivity index (χ3n) is 5.06. The minimum atomic E-state index is -0.694. The second kappa shape index (κ2) is 8.41. The largest absolute Gasteiger partial charge is 0.444 e. The fraction of sp³-hybridized carbons (Fsp3) is 0.120. The molecule has 0 spiro atoms. The predicted octanol–water partition coefficient (Wildman–Crippen LogP) is 5.95. The van der Waals surface area contributed by atoms with E-state index in [1.165, 1.54) is 12.5 Å². The van der Waals surface area contributed by atoms with E-state index in [1.54, 1.807) is 6.20 Å². The summed E-state index contributed by atoms with van der Waals surface area (Å²) in [5.74, 6) is -0.935. The molecule has 1 heterocycles. The molecule has 1 aromatic heterocycles. The molecule has 0 saturated carbocycles. The molecule has 4 aromatic rings. The molecule has 0 bridgehead atoms. The smallest absolute Gasteiger partial charge is 0.181 e. The van der Waals surface area contributed by atoms with Crippen molar-refractivity contribution in [2.24, 2.45) is 0 Å². The van der Waals surface area contributed by atoms with Gasteiger partial charge in [0.05, 0.1) is 6.20 Å². The number of rotatable bonds is 6. The van der Waals surface area contributed by atoms with Gasteiger partial charge in [-0.05, 0) is 47.4 Å². The molecular formula is C25H19F2NO2. The highest BCUT2D eigenvalue weighted by molar-refractivity contribution is 5.83. The lowest BCUT2D eigenvalue weighted by Crippen LogP contribution is -2.09. The quantitative estimate of drug-likeness (QED) is 0.400. The van der Waals surface area contributed by atoms with Gasteiger partial charge in [-0.25, -0.2) is 13.8 Å². The first-order valence-corrected chi connectivity index (χ1v) is 9.54. The number of hydrogen-bond donors (Lipinski definition) is 0. The lowest BCUT2D eigenvalue weighted by atomic mass is 9.95. The number of ketones is 1. The maximum Gasteiger partial charge on any atom is 0.181 e. The standard InChI is InChI=1S/C25H19F2NO2/c1-16-5-8-19(25-14-28-15-30-25)12-21(16)18-9-6-17(7-10-18)11-20(29)13-22-23(26)3-2-4-24(22)27/h2-10,12,14-15H,11,13H2,1H3. The van der Waals surface area contributed by atoms with Gasteiger partial charge < -0.3 is 4.42 Å². The Bertz CT molecular complexity index is 1160. The van der Waals surface area contributed by atoms with Crippen LogP contribution in [-0.4, -0.2) is 10.8 Å². The number of aromatic nitrogens is 1. The lowest BCUT2D eigenvalue weighted by molar-refractivity contribution is -0.117. The number of benzene rings is 3. The van der Waals surface area contributed by atoms with E-state index < -0.39 is 11.6 Å². The molecule has 30 heavy (non-hydrogen) atoms. The fourth-order valence-corrected chi connectivity index (χ4v) is 3.44. The van der Waals surface area contributed by atoms with Crippen LogP contribution >= 0.6 is 0 Å². The number of carbonyl (C=O) groups excluding carboxylic acids is 1. The van der Waals surface area contributed by atoms with Crippen molar-refractivity contribution in [2.75, 3.05) is 0 Å². The van der Waals surface area contributed by atoms with E-state index in [1.807, 2.05) is 49.4 Å². The van der Waals surface area contributed by atoms with E-state index in [2.05, 4.69) is 4.98 Å². The zero-order valence-electron chi connectivity index (χ0n) is 16.4. The number of nitrogens with zero attached hydrogens (tertiary/aromatic N) is 1. The average molecular weight is 403 g/mol. The molecule has 0 fully saturated rings. The number of hydrogen-bond acceptors (Lipinski definition) is 3. The van der Waals surface area contributed by atoms with Crippen LogP contribution in [0.25, 0.3) is 22.5 Å². The summed E-state index contributed by atoms with van der Waals surface area (Å²) >= 11 is 0. The lowest BCUT2D eigenvalue weighted by Gasteiger charge is -2.09. The first-order valence-electron chi connectivity index (χ1n) is 9.54. The molecule has 0 N–H and O–H groups in total. The zero-order valence-corrected chi connectivity index (χ0v) is 16.4. The molecule has 0 aliphatic rings. The van der Waals surface area contributed by atoms with Gasteiger partial charge in [-0.3, -0.25) is 4.79 Å². The van der Waals surface area contributed by atoms with Crippen LogP contribution in [0.15, 0.2) is 77.7 Å². The topological polar surface area (TPSA) is 43.1 Å². The maximum absolute atomic E-state index is 13.8. The van der Waals surface area contributed by atoms with Gasteiger partial charge in [0, 0.05) is 24.0 Å². The molecule has 4 rings (SSSR count). The third kappa shape index (κ3) is 4.20. The number of carbonyl (C=O) groups is 1. The summed E-state index contributed by atoms with van der Waals surface area (Å²) in [5.41, 5.74) is 4.71. The summed E-state index contributed by atoms with van der Waals surface area (Å²) in [7, 11) is 0. The van der Waals surface area contributed by atoms with Crippen LogP contribution in [0, 0.1) is 18.6 Å². The maximum atomic E-state index is 13.8. The van der Waals surface area contributed by atoms with Crippen LogP contribution in [0.3, 0.4) is 0 Å². The summed E-state index contributed by atoms with van der Waals surface area (Å²) in [4.78, 5) is 16.3. The SMILES string of the molecule is Cc1ccc(-c2cnco2)cc1-c1ccc(CC(=O)Cc2c(F)cccc2F)cc1. The van der Waals surface area contributed by atoms with Gasteiger partial charge in [-0.15, -0.1) is 0 Å². The Balaban J connectivity index is 1.51. The Hall–Kier alpha value is -3.60. The van der Waals surface area contributed by atoms with E-state index in [-0.39, 0.29) is 24.2 Å². The van der Waals surface area contributed by atoms with Crippen LogP contribution in [0.1, 0.15) is 16.7 Å². The molecule has 0 radical (unpaired) electrons. The summed E-state index contributed by atoms with van der Waals surface area (Å²) in [6.45, 7) is 2.03. The van der Waals surface area contributed by atoms with E-state index in [9.17, 15) is 13.6 Å². The van der Waals surface area contributed by atoms with Gasteiger partial charge in [0.2, 0.25) is 0 Å². The van der Waals surface area contributed by atoms with Gasteiger partial charge in [0.1, 0.15) is 17.4 Å². The second-order valence-corrected chi connectivity index (χ2v) is 7.18. The number of Topliss-reactive ketones (excluding diaryl/α,β-unsaturated/α-hetero) is 1. The second-order valence-electron chi connectivity index (χ2n) is 7.18. The molecule has 0 aliphatic carbocycles. The van der Waals surface area contributed by atoms with Gasteiger partial charge in [-0.1, -0.05) is 42.5 Å². The Labute approximate surface area is 173 Å². The predicted molar refractivity (Wildman–Crippen MR) is 111 cm³/mol. The highest BCUT2D eigenvalue weighted by Gasteiger charge is 2.14. The van der Waals surface area contributed by atoms with Crippen LogP contribution < -0.4 is 0 Å². The zero-order chi connectivity index (χ0) is 21.1. The van der Waals surface area contributed by atoms with E-state index in [4.69, 9.17) is 4.42 Å². The monoisotopic (exact) mass is 403 g/mol. The molecule has 3 nitrogen and oxygen atoms in total. The molecule has 5 heteroatoms. The Morgan fingerprint density at radius 1 is 0.933 bits per heavy atom. The minimum absolute atomic E-state index is 0.116. The molecule has 0 unspecified atom stereocenters. The number of aryl methyl sites for hydroxylation is 1. The van der Waals surface area contributed by atoms with Crippen LogP contribution in [0.4, 0.5) is 8.78 Å². The van der Waals surface area contributed by atoms with Crippen LogP contribution in [0.2, 0.25) is 0 Å². The number of halogens is 2. The Morgan fingerprint density at radius 2 is 1.63 bits per heavy atom. The molecule has 0 saturated heterocycles. The Kier molecular flexibility index (Phi) is 5.53. The first kappa shape index (κ1) is 19.7. The van der Waals surface area contributed by atoms with Crippen molar-refractivity contribution in [3.05, 3.63) is 102 Å². The van der Waals surface area contributed by atoms with Gasteiger partial charge >= 0.3 is 0 Å². The molecule has 0 amide bonds. The highest BCUT2D eigenvalue weighted by atomic mass is 19.1. The third-order valence-corrected chi connectivity index (χ3v) is 5.06. The van der Waals surface area contributed by atoms with E-state index in [0.29, 0.717) is 5.76 Å². The fourth-order valence-electron chi connectivity index (χ4n) is 3.44. The normalized spacial score (nSPS) is 10.9.